The largest absolute Gasteiger partial charge is 0.323 e. The molecule has 0 atom stereocenters. The van der Waals surface area contributed by atoms with Crippen LogP contribution in [0.2, 0.25) is 0 Å². The van der Waals surface area contributed by atoms with Gasteiger partial charge in [-0.05, 0) is 6.07 Å². The van der Waals surface area contributed by atoms with E-state index in [0.717, 1.165) is 26.4 Å². The number of nitrogens with one attached hydrogen (secondary N) is 2. The molecule has 0 unspecified atom stereocenters. The third kappa shape index (κ3) is 2.58. The predicted molar refractivity (Wildman–Crippen MR) is 103 cm³/mol. The number of aromatic amines is 1. The lowest BCUT2D eigenvalue weighted by Crippen LogP contribution is -2.24. The molecule has 12 heteroatoms. The van der Waals surface area contributed by atoms with E-state index >= 15 is 0 Å². The van der Waals surface area contributed by atoms with Crippen LogP contribution in [0, 0.1) is 0 Å². The topological polar surface area (TPSA) is 131 Å². The zero-order chi connectivity index (χ0) is 19.3. The molecule has 0 aliphatic heterocycles. The summed E-state index contributed by atoms with van der Waals surface area (Å²) in [5.74, 6) is 0.369. The summed E-state index contributed by atoms with van der Waals surface area (Å²) in [7, 11) is 1.83. The SMILES string of the molecule is Cn1c2nc(Cn3ccc(NO)n3)sc2c2cnn(Cc3cc[nH]n3)c(=O)c21. The molecule has 0 saturated carbocycles. The molecule has 0 aliphatic rings. The number of anilines is 1. The summed E-state index contributed by atoms with van der Waals surface area (Å²) in [6.45, 7) is 0.766. The van der Waals surface area contributed by atoms with E-state index < -0.39 is 0 Å². The number of rotatable bonds is 5. The van der Waals surface area contributed by atoms with Gasteiger partial charge in [0.25, 0.3) is 5.56 Å². The third-order valence-electron chi connectivity index (χ3n) is 4.49. The molecule has 0 fully saturated rings. The van der Waals surface area contributed by atoms with Gasteiger partial charge >= 0.3 is 0 Å². The maximum Gasteiger partial charge on any atom is 0.291 e. The number of aryl methyl sites for hydroxylation is 1. The van der Waals surface area contributed by atoms with Crippen LogP contribution in [0.5, 0.6) is 0 Å². The number of hydrogen-bond acceptors (Lipinski definition) is 8. The highest BCUT2D eigenvalue weighted by Gasteiger charge is 2.18. The molecule has 0 radical (unpaired) electrons. The van der Waals surface area contributed by atoms with E-state index in [2.05, 4.69) is 25.4 Å². The molecule has 0 aromatic carbocycles. The predicted octanol–water partition coefficient (Wildman–Crippen LogP) is 1.16. The van der Waals surface area contributed by atoms with Crippen molar-refractivity contribution in [3.05, 3.63) is 51.8 Å². The van der Waals surface area contributed by atoms with Crippen LogP contribution in [0.15, 0.2) is 35.5 Å². The Bertz CT molecular complexity index is 1340. The lowest BCUT2D eigenvalue weighted by atomic mass is 10.3. The van der Waals surface area contributed by atoms with Crippen molar-refractivity contribution in [2.75, 3.05) is 5.48 Å². The van der Waals surface area contributed by atoms with Gasteiger partial charge < -0.3 is 4.57 Å². The fourth-order valence-corrected chi connectivity index (χ4v) is 4.29. The second-order valence-electron chi connectivity index (χ2n) is 6.26. The van der Waals surface area contributed by atoms with Gasteiger partial charge in [-0.1, -0.05) is 0 Å². The average Bonchev–Trinajstić information content (AvgIpc) is 3.46. The first-order valence-corrected chi connectivity index (χ1v) is 9.22. The molecule has 0 bridgehead atoms. The third-order valence-corrected chi connectivity index (χ3v) is 5.55. The Balaban J connectivity index is 1.56. The zero-order valence-corrected chi connectivity index (χ0v) is 15.5. The van der Waals surface area contributed by atoms with E-state index in [1.807, 2.05) is 18.6 Å². The summed E-state index contributed by atoms with van der Waals surface area (Å²) in [5.41, 5.74) is 3.87. The first kappa shape index (κ1) is 16.6. The van der Waals surface area contributed by atoms with Crippen molar-refractivity contribution in [1.29, 1.82) is 0 Å². The molecule has 5 aromatic heterocycles. The minimum Gasteiger partial charge on any atom is -0.323 e. The summed E-state index contributed by atoms with van der Waals surface area (Å²) < 4.78 is 5.79. The minimum atomic E-state index is -0.180. The van der Waals surface area contributed by atoms with Gasteiger partial charge in [-0.3, -0.25) is 25.3 Å². The summed E-state index contributed by atoms with van der Waals surface area (Å²) >= 11 is 1.50. The lowest BCUT2D eigenvalue weighted by Gasteiger charge is -2.03. The highest BCUT2D eigenvalue weighted by molar-refractivity contribution is 7.19. The van der Waals surface area contributed by atoms with Crippen LogP contribution >= 0.6 is 11.3 Å². The Kier molecular flexibility index (Phi) is 3.74. The van der Waals surface area contributed by atoms with Gasteiger partial charge in [-0.25, -0.2) is 9.67 Å². The maximum absolute atomic E-state index is 12.9. The highest BCUT2D eigenvalue weighted by atomic mass is 32.1. The van der Waals surface area contributed by atoms with Gasteiger partial charge in [0.05, 0.1) is 29.7 Å². The molecule has 0 aliphatic carbocycles. The van der Waals surface area contributed by atoms with Gasteiger partial charge in [0, 0.05) is 30.9 Å². The Morgan fingerprint density at radius 1 is 1.32 bits per heavy atom. The van der Waals surface area contributed by atoms with Gasteiger partial charge in [0.2, 0.25) is 0 Å². The Labute approximate surface area is 160 Å². The normalized spacial score (nSPS) is 11.6. The Morgan fingerprint density at radius 2 is 2.21 bits per heavy atom. The van der Waals surface area contributed by atoms with Crippen molar-refractivity contribution in [1.82, 2.24) is 39.3 Å². The summed E-state index contributed by atoms with van der Waals surface area (Å²) in [6, 6.07) is 3.47. The van der Waals surface area contributed by atoms with Crippen molar-refractivity contribution in [2.24, 2.45) is 7.05 Å². The van der Waals surface area contributed by atoms with Gasteiger partial charge in [-0.2, -0.15) is 15.3 Å². The quantitative estimate of drug-likeness (QED) is 0.379. The second-order valence-corrected chi connectivity index (χ2v) is 7.35. The van der Waals surface area contributed by atoms with Gasteiger partial charge in [0.1, 0.15) is 10.5 Å². The van der Waals surface area contributed by atoms with E-state index in [1.54, 1.807) is 33.9 Å². The van der Waals surface area contributed by atoms with E-state index in [0.29, 0.717) is 24.4 Å². The van der Waals surface area contributed by atoms with Crippen molar-refractivity contribution < 1.29 is 5.21 Å². The maximum atomic E-state index is 12.9. The number of fused-ring (bicyclic) bond motifs is 3. The molecule has 11 nitrogen and oxygen atoms in total. The van der Waals surface area contributed by atoms with Crippen LogP contribution < -0.4 is 11.0 Å². The molecule has 0 spiro atoms. The van der Waals surface area contributed by atoms with Crippen molar-refractivity contribution in [2.45, 2.75) is 13.1 Å². The first-order chi connectivity index (χ1) is 13.6. The van der Waals surface area contributed by atoms with Crippen LogP contribution in [0.3, 0.4) is 0 Å². The molecule has 28 heavy (non-hydrogen) atoms. The molecule has 0 amide bonds. The summed E-state index contributed by atoms with van der Waals surface area (Å²) in [6.07, 6.45) is 5.16. The van der Waals surface area contributed by atoms with Crippen LogP contribution in [-0.4, -0.2) is 44.5 Å². The zero-order valence-electron chi connectivity index (χ0n) is 14.7. The van der Waals surface area contributed by atoms with E-state index in [4.69, 9.17) is 5.21 Å². The second kappa shape index (κ2) is 6.28. The van der Waals surface area contributed by atoms with Gasteiger partial charge in [0.15, 0.2) is 11.5 Å². The number of H-pyrrole nitrogens is 1. The van der Waals surface area contributed by atoms with E-state index in [9.17, 15) is 4.79 Å². The van der Waals surface area contributed by atoms with Crippen LogP contribution in [0.4, 0.5) is 5.82 Å². The fraction of sp³-hybridized carbons (Fsp3) is 0.188. The lowest BCUT2D eigenvalue weighted by molar-refractivity contribution is 0.384. The smallest absolute Gasteiger partial charge is 0.291 e. The molecule has 0 saturated heterocycles. The number of aromatic nitrogens is 8. The summed E-state index contributed by atoms with van der Waals surface area (Å²) in [5, 5.41) is 25.8. The van der Waals surface area contributed by atoms with Crippen molar-refractivity contribution in [3.63, 3.8) is 0 Å². The summed E-state index contributed by atoms with van der Waals surface area (Å²) in [4.78, 5) is 17.6. The van der Waals surface area contributed by atoms with E-state index in [-0.39, 0.29) is 5.56 Å². The van der Waals surface area contributed by atoms with Crippen molar-refractivity contribution in [3.8, 4) is 0 Å². The molecule has 3 N–H and O–H groups in total. The standard InChI is InChI=1S/C16H15N9O2S/c1-23-13-10(6-18-25(16(13)26)7-9-2-4-17-20-9)14-15(23)19-12(28-14)8-24-5-3-11(21-24)22-27/h2-6,27H,7-8H2,1H3,(H,17,20)(H,21,22). The molecular formula is C16H15N9O2S. The minimum absolute atomic E-state index is 0.180. The molecule has 142 valence electrons. The fourth-order valence-electron chi connectivity index (χ4n) is 3.19. The number of thiazole rings is 1. The Morgan fingerprint density at radius 3 is 2.96 bits per heavy atom. The van der Waals surface area contributed by atoms with E-state index in [1.165, 1.54) is 16.0 Å². The van der Waals surface area contributed by atoms with Gasteiger partial charge in [-0.15, -0.1) is 11.3 Å². The monoisotopic (exact) mass is 397 g/mol. The highest BCUT2D eigenvalue weighted by Crippen LogP contribution is 2.31. The Hall–Kier alpha value is -3.51. The molecular weight excluding hydrogens is 382 g/mol. The molecule has 5 rings (SSSR count). The molecule has 5 aromatic rings. The molecule has 5 heterocycles. The van der Waals surface area contributed by atoms with Crippen molar-refractivity contribution >= 4 is 38.4 Å². The first-order valence-electron chi connectivity index (χ1n) is 8.40. The number of hydrogen-bond donors (Lipinski definition) is 3. The number of nitrogens with zero attached hydrogens (tertiary/aromatic N) is 7. The van der Waals surface area contributed by atoms with Crippen LogP contribution in [0.1, 0.15) is 10.7 Å². The average molecular weight is 397 g/mol. The van der Waals surface area contributed by atoms with Crippen LogP contribution in [-0.2, 0) is 20.1 Å². The van der Waals surface area contributed by atoms with Crippen LogP contribution in [0.25, 0.3) is 21.3 Å².